The van der Waals surface area contributed by atoms with Gasteiger partial charge in [-0.3, -0.25) is 0 Å². The molecule has 1 heterocycles. The molecule has 25 heavy (non-hydrogen) atoms. The number of aromatic nitrogens is 1. The third-order valence-electron chi connectivity index (χ3n) is 3.99. The number of nitrogens with two attached hydrogens (primary N) is 1. The largest absolute Gasteiger partial charge is 0.573 e. The van der Waals surface area contributed by atoms with E-state index in [4.69, 9.17) is 10.5 Å². The second kappa shape index (κ2) is 6.23. The predicted octanol–water partition coefficient (Wildman–Crippen LogP) is 4.82. The summed E-state index contributed by atoms with van der Waals surface area (Å²) in [7, 11) is 1.59. The molecule has 0 fully saturated rings. The van der Waals surface area contributed by atoms with Gasteiger partial charge in [0.1, 0.15) is 11.5 Å². The van der Waals surface area contributed by atoms with Crippen LogP contribution in [-0.4, -0.2) is 18.0 Å². The number of fused-ring (bicyclic) bond motifs is 1. The molecule has 0 amide bonds. The van der Waals surface area contributed by atoms with Gasteiger partial charge in [0, 0.05) is 23.6 Å². The van der Waals surface area contributed by atoms with Crippen LogP contribution in [0.2, 0.25) is 0 Å². The van der Waals surface area contributed by atoms with E-state index in [0.29, 0.717) is 23.5 Å². The molecular weight excluding hydrogens is 333 g/mol. The van der Waals surface area contributed by atoms with Gasteiger partial charge < -0.3 is 19.8 Å². The lowest BCUT2D eigenvalue weighted by atomic mass is 10.1. The van der Waals surface area contributed by atoms with E-state index in [-0.39, 0.29) is 5.75 Å². The van der Waals surface area contributed by atoms with Gasteiger partial charge in [0.05, 0.1) is 24.0 Å². The summed E-state index contributed by atoms with van der Waals surface area (Å²) in [5.74, 6) is 0.441. The number of benzene rings is 2. The second-order valence-electron chi connectivity index (χ2n) is 5.46. The number of alkyl halides is 3. The third kappa shape index (κ3) is 3.22. The van der Waals surface area contributed by atoms with Crippen molar-refractivity contribution >= 4 is 16.6 Å². The Morgan fingerprint density at radius 2 is 1.68 bits per heavy atom. The Kier molecular flexibility index (Phi) is 4.24. The fourth-order valence-electron chi connectivity index (χ4n) is 2.94. The first-order valence-corrected chi connectivity index (χ1v) is 7.66. The van der Waals surface area contributed by atoms with Gasteiger partial charge in [-0.2, -0.15) is 0 Å². The van der Waals surface area contributed by atoms with Gasteiger partial charge >= 0.3 is 6.36 Å². The van der Waals surface area contributed by atoms with Crippen LogP contribution in [0, 0.1) is 0 Å². The zero-order chi connectivity index (χ0) is 18.2. The number of aryl methyl sites for hydroxylation is 1. The Morgan fingerprint density at radius 3 is 2.24 bits per heavy atom. The van der Waals surface area contributed by atoms with Gasteiger partial charge in [-0.25, -0.2) is 0 Å². The van der Waals surface area contributed by atoms with E-state index in [1.807, 2.05) is 29.7 Å². The number of halogens is 3. The number of anilines is 1. The first-order valence-electron chi connectivity index (χ1n) is 7.66. The molecule has 0 bridgehead atoms. The number of methoxy groups -OCH3 is 1. The molecule has 0 saturated carbocycles. The van der Waals surface area contributed by atoms with Crippen molar-refractivity contribution < 1.29 is 22.6 Å². The minimum Gasteiger partial charge on any atom is -0.497 e. The number of nitrogens with zero attached hydrogens (tertiary/aromatic N) is 1. The Morgan fingerprint density at radius 1 is 1.04 bits per heavy atom. The molecule has 0 atom stereocenters. The third-order valence-corrected chi connectivity index (χ3v) is 3.99. The van der Waals surface area contributed by atoms with Gasteiger partial charge in [0.25, 0.3) is 0 Å². The molecule has 0 radical (unpaired) electrons. The van der Waals surface area contributed by atoms with Gasteiger partial charge in [-0.05, 0) is 43.3 Å². The van der Waals surface area contributed by atoms with Crippen molar-refractivity contribution in [2.24, 2.45) is 0 Å². The number of ether oxygens (including phenoxy) is 2. The van der Waals surface area contributed by atoms with Crippen molar-refractivity contribution in [3.8, 4) is 22.8 Å². The fourth-order valence-corrected chi connectivity index (χ4v) is 2.94. The van der Waals surface area contributed by atoms with Crippen LogP contribution in [0.25, 0.3) is 22.2 Å². The predicted molar refractivity (Wildman–Crippen MR) is 90.7 cm³/mol. The highest BCUT2D eigenvalue weighted by Gasteiger charge is 2.31. The summed E-state index contributed by atoms with van der Waals surface area (Å²) in [6.45, 7) is 2.62. The fraction of sp³-hybridized carbons (Fsp3) is 0.222. The van der Waals surface area contributed by atoms with Gasteiger partial charge in [0.2, 0.25) is 0 Å². The quantitative estimate of drug-likeness (QED) is 0.734. The Hall–Kier alpha value is -2.83. The van der Waals surface area contributed by atoms with Crippen LogP contribution in [0.4, 0.5) is 18.9 Å². The summed E-state index contributed by atoms with van der Waals surface area (Å²) in [6.07, 6.45) is -4.71. The Balaban J connectivity index is 2.10. The number of hydrogen-bond donors (Lipinski definition) is 1. The lowest BCUT2D eigenvalue weighted by molar-refractivity contribution is -0.274. The molecular formula is C18H17F3N2O2. The SMILES string of the molecule is CCn1c(-c2ccc(OC(F)(F)F)cc2)c(N)c2ccc(OC)cc21. The molecule has 2 aromatic carbocycles. The van der Waals surface area contributed by atoms with Crippen LogP contribution in [0.15, 0.2) is 42.5 Å². The van der Waals surface area contributed by atoms with Crippen LogP contribution in [0.3, 0.4) is 0 Å². The molecule has 132 valence electrons. The maximum atomic E-state index is 12.3. The lowest BCUT2D eigenvalue weighted by Gasteiger charge is -2.11. The smallest absolute Gasteiger partial charge is 0.497 e. The summed E-state index contributed by atoms with van der Waals surface area (Å²) in [5.41, 5.74) is 9.25. The van der Waals surface area contributed by atoms with Crippen molar-refractivity contribution in [1.29, 1.82) is 0 Å². The van der Waals surface area contributed by atoms with Crippen LogP contribution in [0.1, 0.15) is 6.92 Å². The normalized spacial score (nSPS) is 11.7. The van der Waals surface area contributed by atoms with Crippen LogP contribution in [-0.2, 0) is 6.54 Å². The van der Waals surface area contributed by atoms with Crippen LogP contribution < -0.4 is 15.2 Å². The van der Waals surface area contributed by atoms with E-state index in [2.05, 4.69) is 4.74 Å². The van der Waals surface area contributed by atoms with Crippen LogP contribution in [0.5, 0.6) is 11.5 Å². The molecule has 0 aliphatic heterocycles. The van der Waals surface area contributed by atoms with Crippen LogP contribution >= 0.6 is 0 Å². The van der Waals surface area contributed by atoms with Crippen molar-refractivity contribution in [3.05, 3.63) is 42.5 Å². The standard InChI is InChI=1S/C18H17F3N2O2/c1-3-23-15-10-13(24-2)8-9-14(15)16(22)17(23)11-4-6-12(7-5-11)25-18(19,20)21/h4-10H,3,22H2,1-2H3. The molecule has 7 heteroatoms. The number of hydrogen-bond acceptors (Lipinski definition) is 3. The van der Waals surface area contributed by atoms with E-state index in [1.54, 1.807) is 19.2 Å². The molecule has 2 N–H and O–H groups in total. The highest BCUT2D eigenvalue weighted by Crippen LogP contribution is 2.38. The molecule has 0 unspecified atom stereocenters. The highest BCUT2D eigenvalue weighted by molar-refractivity contribution is 6.01. The molecule has 0 aliphatic carbocycles. The maximum absolute atomic E-state index is 12.3. The average molecular weight is 350 g/mol. The maximum Gasteiger partial charge on any atom is 0.573 e. The Bertz CT molecular complexity index is 899. The molecule has 0 saturated heterocycles. The summed E-state index contributed by atoms with van der Waals surface area (Å²) in [6, 6.07) is 11.3. The van der Waals surface area contributed by atoms with E-state index in [9.17, 15) is 13.2 Å². The lowest BCUT2D eigenvalue weighted by Crippen LogP contribution is -2.16. The summed E-state index contributed by atoms with van der Waals surface area (Å²) in [4.78, 5) is 0. The molecule has 1 aromatic heterocycles. The summed E-state index contributed by atoms with van der Waals surface area (Å²) < 4.78 is 48.1. The molecule has 0 spiro atoms. The van der Waals surface area contributed by atoms with E-state index in [0.717, 1.165) is 16.6 Å². The summed E-state index contributed by atoms with van der Waals surface area (Å²) in [5, 5.41) is 0.869. The molecule has 3 aromatic rings. The topological polar surface area (TPSA) is 49.4 Å². The monoisotopic (exact) mass is 350 g/mol. The average Bonchev–Trinajstić information content (AvgIpc) is 2.85. The Labute approximate surface area is 142 Å². The summed E-state index contributed by atoms with van der Waals surface area (Å²) >= 11 is 0. The highest BCUT2D eigenvalue weighted by atomic mass is 19.4. The molecule has 4 nitrogen and oxygen atoms in total. The van der Waals surface area contributed by atoms with Gasteiger partial charge in [-0.15, -0.1) is 13.2 Å². The van der Waals surface area contributed by atoms with Crippen molar-refractivity contribution in [3.63, 3.8) is 0 Å². The van der Waals surface area contributed by atoms with Crippen molar-refractivity contribution in [1.82, 2.24) is 4.57 Å². The first kappa shape index (κ1) is 17.0. The van der Waals surface area contributed by atoms with Gasteiger partial charge in [-0.1, -0.05) is 0 Å². The minimum atomic E-state index is -4.71. The van der Waals surface area contributed by atoms with E-state index >= 15 is 0 Å². The second-order valence-corrected chi connectivity index (χ2v) is 5.46. The van der Waals surface area contributed by atoms with Crippen molar-refractivity contribution in [2.45, 2.75) is 19.8 Å². The van der Waals surface area contributed by atoms with Crippen molar-refractivity contribution in [2.75, 3.05) is 12.8 Å². The van der Waals surface area contributed by atoms with E-state index < -0.39 is 6.36 Å². The molecule has 0 aliphatic rings. The minimum absolute atomic E-state index is 0.268. The number of nitrogen functional groups attached to an aromatic ring is 1. The molecule has 3 rings (SSSR count). The zero-order valence-corrected chi connectivity index (χ0v) is 13.7. The van der Waals surface area contributed by atoms with Gasteiger partial charge in [0.15, 0.2) is 0 Å². The zero-order valence-electron chi connectivity index (χ0n) is 13.7. The first-order chi connectivity index (χ1) is 11.8. The number of rotatable bonds is 4. The van der Waals surface area contributed by atoms with E-state index in [1.165, 1.54) is 12.1 Å².